The highest BCUT2D eigenvalue weighted by atomic mass is 35.5. The van der Waals surface area contributed by atoms with Crippen LogP contribution in [0.3, 0.4) is 0 Å². The van der Waals surface area contributed by atoms with Crippen molar-refractivity contribution in [3.63, 3.8) is 0 Å². The Bertz CT molecular complexity index is 244. The Morgan fingerprint density at radius 2 is 2.25 bits per heavy atom. The largest absolute Gasteiger partial charge is 0.258 e. The molecule has 1 aromatic heterocycles. The monoisotopic (exact) mass is 203 g/mol. The van der Waals surface area contributed by atoms with E-state index in [0.29, 0.717) is 5.15 Å². The molecular formula is C7H10ClN3S. The third-order valence-electron chi connectivity index (χ3n) is 1.14. The molecular weight excluding hydrogens is 194 g/mol. The van der Waals surface area contributed by atoms with Gasteiger partial charge in [-0.2, -0.15) is 0 Å². The van der Waals surface area contributed by atoms with Crippen LogP contribution in [0.5, 0.6) is 0 Å². The highest BCUT2D eigenvalue weighted by molar-refractivity contribution is 7.97. The number of aromatic nitrogens is 2. The van der Waals surface area contributed by atoms with Crippen molar-refractivity contribution in [1.29, 1.82) is 0 Å². The fourth-order valence-corrected chi connectivity index (χ4v) is 1.51. The molecule has 12 heavy (non-hydrogen) atoms. The highest BCUT2D eigenvalue weighted by Crippen LogP contribution is 2.18. The normalized spacial score (nSPS) is 10.2. The minimum absolute atomic E-state index is 0.450. The summed E-state index contributed by atoms with van der Waals surface area (Å²) in [6.07, 6.45) is 4.29. The van der Waals surface area contributed by atoms with E-state index in [1.165, 1.54) is 11.9 Å². The maximum atomic E-state index is 5.77. The summed E-state index contributed by atoms with van der Waals surface area (Å²) >= 11 is 7.18. The maximum Gasteiger partial charge on any atom is 0.162 e. The number of halogens is 1. The van der Waals surface area contributed by atoms with E-state index in [1.54, 1.807) is 12.4 Å². The van der Waals surface area contributed by atoms with Crippen LogP contribution >= 0.6 is 23.5 Å². The molecule has 0 spiro atoms. The van der Waals surface area contributed by atoms with E-state index in [1.807, 2.05) is 0 Å². The summed E-state index contributed by atoms with van der Waals surface area (Å²) in [5, 5.41) is 1.18. The molecule has 0 fully saturated rings. The lowest BCUT2D eigenvalue weighted by Gasteiger charge is -2.01. The standard InChI is InChI=1S/C7H10ClN3S/c1-2-3-11-12-7-6(8)9-4-5-10-7/h4-5,11H,2-3H2,1H3. The molecule has 1 aromatic rings. The molecule has 0 radical (unpaired) electrons. The molecule has 0 aromatic carbocycles. The fraction of sp³-hybridized carbons (Fsp3) is 0.429. The minimum atomic E-state index is 0.450. The van der Waals surface area contributed by atoms with Gasteiger partial charge in [-0.05, 0) is 18.4 Å². The Labute approximate surface area is 81.1 Å². The molecule has 0 aliphatic carbocycles. The van der Waals surface area contributed by atoms with E-state index in [4.69, 9.17) is 11.6 Å². The van der Waals surface area contributed by atoms with Crippen molar-refractivity contribution >= 4 is 23.5 Å². The Balaban J connectivity index is 2.46. The Kier molecular flexibility index (Phi) is 4.35. The van der Waals surface area contributed by atoms with Crippen molar-refractivity contribution in [1.82, 2.24) is 14.7 Å². The van der Waals surface area contributed by atoms with Gasteiger partial charge < -0.3 is 0 Å². The van der Waals surface area contributed by atoms with Crippen LogP contribution in [0, 0.1) is 0 Å². The van der Waals surface area contributed by atoms with Crippen LogP contribution in [0.1, 0.15) is 13.3 Å². The highest BCUT2D eigenvalue weighted by Gasteiger charge is 2.00. The van der Waals surface area contributed by atoms with E-state index in [9.17, 15) is 0 Å². The second-order valence-corrected chi connectivity index (χ2v) is 3.39. The SMILES string of the molecule is CCCNSc1nccnc1Cl. The quantitative estimate of drug-likeness (QED) is 0.601. The first-order valence-corrected chi connectivity index (χ1v) is 4.90. The fourth-order valence-electron chi connectivity index (χ4n) is 0.598. The van der Waals surface area contributed by atoms with Crippen molar-refractivity contribution in [2.45, 2.75) is 18.4 Å². The van der Waals surface area contributed by atoms with E-state index < -0.39 is 0 Å². The molecule has 0 bridgehead atoms. The van der Waals surface area contributed by atoms with Gasteiger partial charge in [-0.15, -0.1) is 0 Å². The maximum absolute atomic E-state index is 5.77. The van der Waals surface area contributed by atoms with Gasteiger partial charge >= 0.3 is 0 Å². The summed E-state index contributed by atoms with van der Waals surface area (Å²) in [5.41, 5.74) is 0. The Hall–Kier alpha value is -0.320. The number of rotatable bonds is 4. The third kappa shape index (κ3) is 2.97. The third-order valence-corrected chi connectivity index (χ3v) is 2.37. The number of nitrogens with zero attached hydrogens (tertiary/aromatic N) is 2. The first-order chi connectivity index (χ1) is 5.84. The predicted molar refractivity (Wildman–Crippen MR) is 51.2 cm³/mol. The average molecular weight is 204 g/mol. The molecule has 0 unspecified atom stereocenters. The van der Waals surface area contributed by atoms with Gasteiger partial charge in [-0.1, -0.05) is 18.5 Å². The zero-order chi connectivity index (χ0) is 8.81. The predicted octanol–water partition coefficient (Wildman–Crippen LogP) is 2.14. The van der Waals surface area contributed by atoms with E-state index in [2.05, 4.69) is 21.6 Å². The van der Waals surface area contributed by atoms with Gasteiger partial charge in [0, 0.05) is 18.9 Å². The van der Waals surface area contributed by atoms with Crippen molar-refractivity contribution in [2.24, 2.45) is 0 Å². The number of hydrogen-bond acceptors (Lipinski definition) is 4. The second kappa shape index (κ2) is 5.35. The van der Waals surface area contributed by atoms with Gasteiger partial charge in [-0.3, -0.25) is 4.72 Å². The summed E-state index contributed by atoms with van der Waals surface area (Å²) in [6, 6.07) is 0. The van der Waals surface area contributed by atoms with Gasteiger partial charge in [0.25, 0.3) is 0 Å². The van der Waals surface area contributed by atoms with E-state index >= 15 is 0 Å². The molecule has 3 nitrogen and oxygen atoms in total. The zero-order valence-electron chi connectivity index (χ0n) is 6.75. The first kappa shape index (κ1) is 9.77. The average Bonchev–Trinajstić information content (AvgIpc) is 2.09. The summed E-state index contributed by atoms with van der Waals surface area (Å²) < 4.78 is 3.12. The van der Waals surface area contributed by atoms with E-state index in [0.717, 1.165) is 18.0 Å². The summed E-state index contributed by atoms with van der Waals surface area (Å²) in [6.45, 7) is 3.05. The molecule has 66 valence electrons. The molecule has 0 aliphatic rings. The van der Waals surface area contributed by atoms with Gasteiger partial charge in [0.05, 0.1) is 0 Å². The molecule has 5 heteroatoms. The smallest absolute Gasteiger partial charge is 0.162 e. The van der Waals surface area contributed by atoms with Gasteiger partial charge in [-0.25, -0.2) is 9.97 Å². The van der Waals surface area contributed by atoms with Crippen LogP contribution in [0.25, 0.3) is 0 Å². The lowest BCUT2D eigenvalue weighted by Crippen LogP contribution is -2.04. The summed E-state index contributed by atoms with van der Waals surface area (Å²) in [4.78, 5) is 7.96. The van der Waals surface area contributed by atoms with Crippen LogP contribution in [0.15, 0.2) is 17.4 Å². The van der Waals surface area contributed by atoms with Gasteiger partial charge in [0.2, 0.25) is 0 Å². The first-order valence-electron chi connectivity index (χ1n) is 3.70. The van der Waals surface area contributed by atoms with Gasteiger partial charge in [0.1, 0.15) is 5.03 Å². The van der Waals surface area contributed by atoms with Crippen molar-refractivity contribution < 1.29 is 0 Å². The second-order valence-electron chi connectivity index (χ2n) is 2.15. The molecule has 0 saturated carbocycles. The number of nitrogens with one attached hydrogen (secondary N) is 1. The topological polar surface area (TPSA) is 37.8 Å². The molecule has 0 saturated heterocycles. The molecule has 0 atom stereocenters. The lowest BCUT2D eigenvalue weighted by atomic mass is 10.5. The lowest BCUT2D eigenvalue weighted by molar-refractivity contribution is 0.873. The molecule has 0 aliphatic heterocycles. The zero-order valence-corrected chi connectivity index (χ0v) is 8.32. The van der Waals surface area contributed by atoms with Crippen LogP contribution in [-0.2, 0) is 0 Å². The van der Waals surface area contributed by atoms with Crippen LogP contribution in [-0.4, -0.2) is 16.5 Å². The van der Waals surface area contributed by atoms with Crippen LogP contribution < -0.4 is 4.72 Å². The Morgan fingerprint density at radius 1 is 1.50 bits per heavy atom. The molecule has 1 rings (SSSR count). The van der Waals surface area contributed by atoms with Crippen LogP contribution in [0.4, 0.5) is 0 Å². The summed E-state index contributed by atoms with van der Waals surface area (Å²) in [5.74, 6) is 0. The number of hydrogen-bond donors (Lipinski definition) is 1. The van der Waals surface area contributed by atoms with Crippen LogP contribution in [0.2, 0.25) is 5.15 Å². The molecule has 1 N–H and O–H groups in total. The van der Waals surface area contributed by atoms with Crippen molar-refractivity contribution in [3.8, 4) is 0 Å². The Morgan fingerprint density at radius 3 is 2.92 bits per heavy atom. The van der Waals surface area contributed by atoms with Crippen molar-refractivity contribution in [3.05, 3.63) is 17.5 Å². The summed E-state index contributed by atoms with van der Waals surface area (Å²) in [7, 11) is 0. The van der Waals surface area contributed by atoms with E-state index in [-0.39, 0.29) is 0 Å². The molecule has 1 heterocycles. The minimum Gasteiger partial charge on any atom is -0.258 e. The van der Waals surface area contributed by atoms with Crippen molar-refractivity contribution in [2.75, 3.05) is 6.54 Å². The molecule has 0 amide bonds. The van der Waals surface area contributed by atoms with Gasteiger partial charge in [0.15, 0.2) is 5.15 Å².